The van der Waals surface area contributed by atoms with Gasteiger partial charge in [-0.15, -0.1) is 0 Å². The molecule has 0 aromatic heterocycles. The predicted octanol–water partition coefficient (Wildman–Crippen LogP) is 2.37. The Morgan fingerprint density at radius 1 is 1.28 bits per heavy atom. The van der Waals surface area contributed by atoms with Crippen molar-refractivity contribution >= 4 is 11.6 Å². The Bertz CT molecular complexity index is 458. The normalized spacial score (nSPS) is 10.4. The van der Waals surface area contributed by atoms with Crippen LogP contribution in [0.4, 0.5) is 5.69 Å². The molecule has 18 heavy (non-hydrogen) atoms. The maximum Gasteiger partial charge on any atom is 0.224 e. The molecule has 0 radical (unpaired) electrons. The highest BCUT2D eigenvalue weighted by Gasteiger charge is 2.15. The molecule has 0 spiro atoms. The minimum atomic E-state index is -0.00335. The SMILES string of the molecule is CC(C)(C)CC(=O)Nc1ccc(C#CCN)cc1. The average Bonchev–Trinajstić information content (AvgIpc) is 2.25. The van der Waals surface area contributed by atoms with Gasteiger partial charge in [-0.05, 0) is 29.7 Å². The third kappa shape index (κ3) is 5.51. The summed E-state index contributed by atoms with van der Waals surface area (Å²) < 4.78 is 0. The number of hydrogen-bond donors (Lipinski definition) is 2. The Balaban J connectivity index is 2.61. The van der Waals surface area contributed by atoms with E-state index >= 15 is 0 Å². The van der Waals surface area contributed by atoms with Gasteiger partial charge in [0.25, 0.3) is 0 Å². The Morgan fingerprint density at radius 3 is 2.39 bits per heavy atom. The number of rotatable bonds is 2. The van der Waals surface area contributed by atoms with Gasteiger partial charge in [-0.2, -0.15) is 0 Å². The van der Waals surface area contributed by atoms with Crippen LogP contribution in [-0.2, 0) is 4.79 Å². The summed E-state index contributed by atoms with van der Waals surface area (Å²) in [5.41, 5.74) is 6.99. The van der Waals surface area contributed by atoms with E-state index in [1.54, 1.807) is 0 Å². The number of benzene rings is 1. The molecule has 1 aromatic rings. The molecule has 3 nitrogen and oxygen atoms in total. The van der Waals surface area contributed by atoms with Gasteiger partial charge in [-0.1, -0.05) is 32.6 Å². The number of amides is 1. The lowest BCUT2D eigenvalue weighted by Crippen LogP contribution is -2.19. The van der Waals surface area contributed by atoms with Crippen molar-refractivity contribution < 1.29 is 4.79 Å². The van der Waals surface area contributed by atoms with Crippen LogP contribution in [0.3, 0.4) is 0 Å². The highest BCUT2D eigenvalue weighted by Crippen LogP contribution is 2.19. The van der Waals surface area contributed by atoms with Gasteiger partial charge in [0, 0.05) is 17.7 Å². The van der Waals surface area contributed by atoms with E-state index in [9.17, 15) is 4.79 Å². The van der Waals surface area contributed by atoms with Crippen molar-refractivity contribution in [2.24, 2.45) is 11.1 Å². The van der Waals surface area contributed by atoms with Crippen LogP contribution in [0.2, 0.25) is 0 Å². The first-order chi connectivity index (χ1) is 8.40. The Hall–Kier alpha value is -1.79. The van der Waals surface area contributed by atoms with Crippen LogP contribution >= 0.6 is 0 Å². The Morgan fingerprint density at radius 2 is 1.89 bits per heavy atom. The molecule has 96 valence electrons. The molecule has 1 aromatic carbocycles. The third-order valence-electron chi connectivity index (χ3n) is 2.19. The first-order valence-electron chi connectivity index (χ1n) is 5.99. The molecule has 0 heterocycles. The molecular formula is C15H20N2O. The molecule has 0 unspecified atom stereocenters. The molecule has 0 aliphatic rings. The molecule has 3 N–H and O–H groups in total. The zero-order valence-corrected chi connectivity index (χ0v) is 11.2. The number of nitrogens with one attached hydrogen (secondary N) is 1. The topological polar surface area (TPSA) is 55.1 Å². The largest absolute Gasteiger partial charge is 0.326 e. The van der Waals surface area contributed by atoms with Crippen molar-refractivity contribution in [3.05, 3.63) is 29.8 Å². The number of carbonyl (C=O) groups is 1. The van der Waals surface area contributed by atoms with Crippen molar-refractivity contribution in [1.82, 2.24) is 0 Å². The van der Waals surface area contributed by atoms with E-state index in [0.29, 0.717) is 13.0 Å². The van der Waals surface area contributed by atoms with Crippen LogP contribution in [0.1, 0.15) is 32.8 Å². The molecule has 0 bridgehead atoms. The summed E-state index contributed by atoms with van der Waals surface area (Å²) >= 11 is 0. The Labute approximate surface area is 109 Å². The Kier molecular flexibility index (Phi) is 4.94. The first kappa shape index (κ1) is 14.3. The molecule has 1 rings (SSSR count). The monoisotopic (exact) mass is 244 g/mol. The van der Waals surface area contributed by atoms with Gasteiger partial charge in [0.05, 0.1) is 6.54 Å². The zero-order chi connectivity index (χ0) is 13.6. The van der Waals surface area contributed by atoms with Gasteiger partial charge >= 0.3 is 0 Å². The molecule has 0 aliphatic heterocycles. The summed E-state index contributed by atoms with van der Waals surface area (Å²) in [5, 5.41) is 2.87. The minimum absolute atomic E-state index is 0.00335. The number of nitrogens with two attached hydrogens (primary N) is 1. The maximum atomic E-state index is 11.7. The summed E-state index contributed by atoms with van der Waals surface area (Å²) in [6.45, 7) is 6.47. The van der Waals surface area contributed by atoms with Crippen LogP contribution in [0.5, 0.6) is 0 Å². The average molecular weight is 244 g/mol. The number of carbonyl (C=O) groups excluding carboxylic acids is 1. The van der Waals surface area contributed by atoms with E-state index in [0.717, 1.165) is 11.3 Å². The van der Waals surface area contributed by atoms with E-state index in [1.807, 2.05) is 45.0 Å². The van der Waals surface area contributed by atoms with E-state index in [2.05, 4.69) is 17.2 Å². The predicted molar refractivity (Wildman–Crippen MR) is 75.1 cm³/mol. The van der Waals surface area contributed by atoms with Crippen molar-refractivity contribution in [2.45, 2.75) is 27.2 Å². The van der Waals surface area contributed by atoms with Crippen LogP contribution in [0.25, 0.3) is 0 Å². The quantitative estimate of drug-likeness (QED) is 0.785. The van der Waals surface area contributed by atoms with E-state index in [1.165, 1.54) is 0 Å². The lowest BCUT2D eigenvalue weighted by Gasteiger charge is -2.17. The molecule has 0 saturated carbocycles. The molecule has 0 atom stereocenters. The zero-order valence-electron chi connectivity index (χ0n) is 11.2. The van der Waals surface area contributed by atoms with Crippen molar-refractivity contribution in [3.63, 3.8) is 0 Å². The van der Waals surface area contributed by atoms with Crippen LogP contribution in [0, 0.1) is 17.3 Å². The molecule has 0 fully saturated rings. The second kappa shape index (κ2) is 6.23. The van der Waals surface area contributed by atoms with Crippen molar-refractivity contribution in [1.29, 1.82) is 0 Å². The highest BCUT2D eigenvalue weighted by atomic mass is 16.1. The molecule has 3 heteroatoms. The summed E-state index contributed by atoms with van der Waals surface area (Å²) in [7, 11) is 0. The molecule has 0 aliphatic carbocycles. The van der Waals surface area contributed by atoms with Gasteiger partial charge in [0.15, 0.2) is 0 Å². The summed E-state index contributed by atoms with van der Waals surface area (Å²) in [4.78, 5) is 11.7. The minimum Gasteiger partial charge on any atom is -0.326 e. The summed E-state index contributed by atoms with van der Waals surface area (Å²) in [6.07, 6.45) is 0.502. The highest BCUT2D eigenvalue weighted by molar-refractivity contribution is 5.91. The van der Waals surface area contributed by atoms with Crippen LogP contribution in [0.15, 0.2) is 24.3 Å². The number of hydrogen-bond acceptors (Lipinski definition) is 2. The summed E-state index contributed by atoms with van der Waals surface area (Å²) in [5.74, 6) is 5.75. The standard InChI is InChI=1S/C15H20N2O/c1-15(2,3)11-14(18)17-13-8-6-12(7-9-13)5-4-10-16/h6-9H,10-11,16H2,1-3H3,(H,17,18). The van der Waals surface area contributed by atoms with Gasteiger partial charge < -0.3 is 11.1 Å². The molecule has 0 saturated heterocycles. The van der Waals surface area contributed by atoms with E-state index in [4.69, 9.17) is 5.73 Å². The smallest absolute Gasteiger partial charge is 0.224 e. The second-order valence-corrected chi connectivity index (χ2v) is 5.37. The van der Waals surface area contributed by atoms with Gasteiger partial charge in [-0.25, -0.2) is 0 Å². The lowest BCUT2D eigenvalue weighted by atomic mass is 9.92. The molecule has 1 amide bonds. The fourth-order valence-corrected chi connectivity index (χ4v) is 1.48. The van der Waals surface area contributed by atoms with Crippen molar-refractivity contribution in [2.75, 3.05) is 11.9 Å². The summed E-state index contributed by atoms with van der Waals surface area (Å²) in [6, 6.07) is 7.44. The van der Waals surface area contributed by atoms with Crippen molar-refractivity contribution in [3.8, 4) is 11.8 Å². The second-order valence-electron chi connectivity index (χ2n) is 5.37. The van der Waals surface area contributed by atoms with E-state index < -0.39 is 0 Å². The van der Waals surface area contributed by atoms with Crippen LogP contribution in [-0.4, -0.2) is 12.5 Å². The lowest BCUT2D eigenvalue weighted by molar-refractivity contribution is -0.117. The fraction of sp³-hybridized carbons (Fsp3) is 0.400. The van der Waals surface area contributed by atoms with E-state index in [-0.39, 0.29) is 11.3 Å². The first-order valence-corrected chi connectivity index (χ1v) is 5.99. The van der Waals surface area contributed by atoms with Gasteiger partial charge in [-0.3, -0.25) is 4.79 Å². The molecular weight excluding hydrogens is 224 g/mol. The number of anilines is 1. The maximum absolute atomic E-state index is 11.7. The van der Waals surface area contributed by atoms with Gasteiger partial charge in [0.2, 0.25) is 5.91 Å². The van der Waals surface area contributed by atoms with Gasteiger partial charge in [0.1, 0.15) is 0 Å². The van der Waals surface area contributed by atoms with Crippen LogP contribution < -0.4 is 11.1 Å². The third-order valence-corrected chi connectivity index (χ3v) is 2.19. The fourth-order valence-electron chi connectivity index (χ4n) is 1.48.